The molecule has 1 heterocycles. The van der Waals surface area contributed by atoms with Crippen LogP contribution >= 0.6 is 0 Å². The first-order chi connectivity index (χ1) is 12.9. The first-order valence-corrected chi connectivity index (χ1v) is 10.2. The molecule has 27 heavy (non-hydrogen) atoms. The summed E-state index contributed by atoms with van der Waals surface area (Å²) in [4.78, 5) is 13.6. The highest BCUT2D eigenvalue weighted by atomic mass is 32.2. The van der Waals surface area contributed by atoms with Gasteiger partial charge >= 0.3 is 0 Å². The van der Waals surface area contributed by atoms with Gasteiger partial charge in [0, 0.05) is 25.2 Å². The average Bonchev–Trinajstić information content (AvgIpc) is 2.65. The number of nitrogens with one attached hydrogen (secondary N) is 1. The van der Waals surface area contributed by atoms with E-state index in [1.165, 1.54) is 13.0 Å². The second-order valence-corrected chi connectivity index (χ2v) is 7.98. The van der Waals surface area contributed by atoms with E-state index < -0.39 is 10.0 Å². The molecule has 2 aromatic carbocycles. The predicted molar refractivity (Wildman–Crippen MR) is 106 cm³/mol. The van der Waals surface area contributed by atoms with Crippen LogP contribution < -0.4 is 14.4 Å². The van der Waals surface area contributed by atoms with Crippen LogP contribution in [0.1, 0.15) is 18.9 Å². The summed E-state index contributed by atoms with van der Waals surface area (Å²) in [5.74, 6) is 0.513. The average molecular weight is 386 g/mol. The molecular weight excluding hydrogens is 364 g/mol. The van der Waals surface area contributed by atoms with E-state index in [0.29, 0.717) is 24.6 Å². The van der Waals surface area contributed by atoms with Crippen molar-refractivity contribution in [1.29, 1.82) is 0 Å². The zero-order valence-corrected chi connectivity index (χ0v) is 16.0. The van der Waals surface area contributed by atoms with E-state index in [1.54, 1.807) is 47.4 Å². The van der Waals surface area contributed by atoms with E-state index in [1.807, 2.05) is 0 Å². The van der Waals surface area contributed by atoms with E-state index in [0.717, 1.165) is 24.1 Å². The number of nitrogens with zero attached hydrogens (tertiary/aromatic N) is 1. The number of sulfonamides is 1. The Labute approximate surface area is 159 Å². The van der Waals surface area contributed by atoms with E-state index in [-0.39, 0.29) is 10.8 Å². The van der Waals surface area contributed by atoms with Crippen molar-refractivity contribution in [1.82, 2.24) is 0 Å². The molecule has 0 radical (unpaired) electrons. The second-order valence-electron chi connectivity index (χ2n) is 6.30. The molecule has 2 aromatic rings. The lowest BCUT2D eigenvalue weighted by atomic mass is 10.0. The first-order valence-electron chi connectivity index (χ1n) is 8.68. The number of carbonyl (C=O) groups excluding carboxylic acids is 1. The lowest BCUT2D eigenvalue weighted by Gasteiger charge is -2.28. The number of amides is 1. The summed E-state index contributed by atoms with van der Waals surface area (Å²) in [5, 5.41) is 0. The summed E-state index contributed by atoms with van der Waals surface area (Å²) >= 11 is 0. The van der Waals surface area contributed by atoms with E-state index in [9.17, 15) is 13.2 Å². The molecule has 1 aliphatic rings. The third kappa shape index (κ3) is 4.31. The third-order valence-corrected chi connectivity index (χ3v) is 5.69. The molecular formula is C20H22N2O4S. The number of hydrogen-bond donors (Lipinski definition) is 1. The Morgan fingerprint density at radius 2 is 2.11 bits per heavy atom. The summed E-state index contributed by atoms with van der Waals surface area (Å²) in [7, 11) is -3.75. The van der Waals surface area contributed by atoms with Gasteiger partial charge in [0.15, 0.2) is 0 Å². The molecule has 0 bridgehead atoms. The number of hydrogen-bond acceptors (Lipinski definition) is 4. The Bertz CT molecular complexity index is 970. The van der Waals surface area contributed by atoms with Crippen molar-refractivity contribution >= 4 is 27.3 Å². The Kier molecular flexibility index (Phi) is 5.51. The summed E-state index contributed by atoms with van der Waals surface area (Å²) < 4.78 is 33.6. The molecule has 1 amide bonds. The molecule has 0 atom stereocenters. The standard InChI is InChI=1S/C20H22N2O4S/c1-3-12-26-18-8-4-7-17(14-18)21-27(24,25)19-9-10-20-16(13-19)6-5-11-22(20)15(2)23/h3-4,7-10,13-14,21H,1,5-6,11-12H2,2H3. The van der Waals surface area contributed by atoms with Crippen molar-refractivity contribution < 1.29 is 17.9 Å². The highest BCUT2D eigenvalue weighted by molar-refractivity contribution is 7.92. The quantitative estimate of drug-likeness (QED) is 0.773. The molecule has 1 N–H and O–H groups in total. The van der Waals surface area contributed by atoms with Crippen molar-refractivity contribution in [2.24, 2.45) is 0 Å². The van der Waals surface area contributed by atoms with Gasteiger partial charge in [-0.3, -0.25) is 9.52 Å². The summed E-state index contributed by atoms with van der Waals surface area (Å²) in [6.45, 7) is 6.10. The fraction of sp³-hybridized carbons (Fsp3) is 0.250. The van der Waals surface area contributed by atoms with Gasteiger partial charge < -0.3 is 9.64 Å². The minimum Gasteiger partial charge on any atom is -0.489 e. The summed E-state index contributed by atoms with van der Waals surface area (Å²) in [6.07, 6.45) is 3.17. The molecule has 7 heteroatoms. The SMILES string of the molecule is C=CCOc1cccc(NS(=O)(=O)c2ccc3c(c2)CCCN3C(C)=O)c1. The highest BCUT2D eigenvalue weighted by Crippen LogP contribution is 2.30. The smallest absolute Gasteiger partial charge is 0.261 e. The lowest BCUT2D eigenvalue weighted by Crippen LogP contribution is -2.33. The maximum atomic E-state index is 12.8. The number of anilines is 2. The topological polar surface area (TPSA) is 75.7 Å². The number of benzene rings is 2. The summed E-state index contributed by atoms with van der Waals surface area (Å²) in [6, 6.07) is 11.6. The van der Waals surface area contributed by atoms with E-state index in [2.05, 4.69) is 11.3 Å². The van der Waals surface area contributed by atoms with Gasteiger partial charge in [-0.15, -0.1) is 0 Å². The Morgan fingerprint density at radius 3 is 2.85 bits per heavy atom. The number of aryl methyl sites for hydroxylation is 1. The fourth-order valence-electron chi connectivity index (χ4n) is 3.09. The van der Waals surface area contributed by atoms with Gasteiger partial charge in [-0.2, -0.15) is 0 Å². The van der Waals surface area contributed by atoms with E-state index in [4.69, 9.17) is 4.74 Å². The van der Waals surface area contributed by atoms with Crippen molar-refractivity contribution in [3.05, 3.63) is 60.7 Å². The molecule has 0 unspecified atom stereocenters. The van der Waals surface area contributed by atoms with Crippen LogP contribution in [0.4, 0.5) is 11.4 Å². The zero-order chi connectivity index (χ0) is 19.4. The second kappa shape index (κ2) is 7.84. The molecule has 6 nitrogen and oxygen atoms in total. The molecule has 0 aliphatic carbocycles. The first kappa shape index (κ1) is 19.0. The van der Waals surface area contributed by atoms with Gasteiger partial charge in [0.05, 0.1) is 10.6 Å². The molecule has 0 aromatic heterocycles. The number of rotatable bonds is 6. The van der Waals surface area contributed by atoms with Crippen LogP contribution in [-0.4, -0.2) is 27.5 Å². The van der Waals surface area contributed by atoms with Crippen molar-refractivity contribution in [2.75, 3.05) is 22.8 Å². The number of ether oxygens (including phenoxy) is 1. The zero-order valence-electron chi connectivity index (χ0n) is 15.1. The maximum absolute atomic E-state index is 12.8. The third-order valence-electron chi connectivity index (χ3n) is 4.31. The molecule has 142 valence electrons. The monoisotopic (exact) mass is 386 g/mol. The molecule has 0 spiro atoms. The molecule has 0 saturated heterocycles. The van der Waals surface area contributed by atoms with Crippen LogP contribution in [0.3, 0.4) is 0 Å². The van der Waals surface area contributed by atoms with Crippen molar-refractivity contribution in [3.63, 3.8) is 0 Å². The minimum absolute atomic E-state index is 0.0407. The highest BCUT2D eigenvalue weighted by Gasteiger charge is 2.23. The lowest BCUT2D eigenvalue weighted by molar-refractivity contribution is -0.116. The largest absolute Gasteiger partial charge is 0.489 e. The van der Waals surface area contributed by atoms with Crippen molar-refractivity contribution in [3.8, 4) is 5.75 Å². The van der Waals surface area contributed by atoms with Crippen LogP contribution in [0, 0.1) is 0 Å². The van der Waals surface area contributed by atoms with Gasteiger partial charge in [0.1, 0.15) is 12.4 Å². The minimum atomic E-state index is -3.75. The van der Waals surface area contributed by atoms with Gasteiger partial charge in [-0.05, 0) is 48.7 Å². The fourth-order valence-corrected chi connectivity index (χ4v) is 4.19. The maximum Gasteiger partial charge on any atom is 0.261 e. The molecule has 0 fully saturated rings. The molecule has 0 saturated carbocycles. The van der Waals surface area contributed by atoms with Crippen molar-refractivity contribution in [2.45, 2.75) is 24.7 Å². The Hall–Kier alpha value is -2.80. The number of fused-ring (bicyclic) bond motifs is 1. The predicted octanol–water partition coefficient (Wildman–Crippen LogP) is 3.35. The summed E-state index contributed by atoms with van der Waals surface area (Å²) in [5.41, 5.74) is 2.06. The van der Waals surface area contributed by atoms with Crippen LogP contribution in [0.5, 0.6) is 5.75 Å². The molecule has 1 aliphatic heterocycles. The molecule has 3 rings (SSSR count). The van der Waals surface area contributed by atoms with E-state index >= 15 is 0 Å². The van der Waals surface area contributed by atoms with Gasteiger partial charge in [0.25, 0.3) is 10.0 Å². The van der Waals surface area contributed by atoms with Crippen LogP contribution in [0.25, 0.3) is 0 Å². The van der Waals surface area contributed by atoms with Gasteiger partial charge in [-0.25, -0.2) is 8.42 Å². The van der Waals surface area contributed by atoms with Crippen LogP contribution in [0.2, 0.25) is 0 Å². The van der Waals surface area contributed by atoms with Crippen LogP contribution in [-0.2, 0) is 21.2 Å². The van der Waals surface area contributed by atoms with Crippen LogP contribution in [0.15, 0.2) is 60.0 Å². The number of carbonyl (C=O) groups is 1. The van der Waals surface area contributed by atoms with Gasteiger partial charge in [-0.1, -0.05) is 18.7 Å². The Balaban J connectivity index is 1.85. The van der Waals surface area contributed by atoms with Gasteiger partial charge in [0.2, 0.25) is 5.91 Å². The normalized spacial score (nSPS) is 13.6. The Morgan fingerprint density at radius 1 is 1.30 bits per heavy atom.